The van der Waals surface area contributed by atoms with Crippen LogP contribution in [0.3, 0.4) is 0 Å². The van der Waals surface area contributed by atoms with Crippen LogP contribution < -0.4 is 16.0 Å². The second-order valence-corrected chi connectivity index (χ2v) is 6.36. The average molecular weight is 337 g/mol. The number of aryl methyl sites for hydroxylation is 1. The highest BCUT2D eigenvalue weighted by Crippen LogP contribution is 2.24. The molecule has 0 spiro atoms. The van der Waals surface area contributed by atoms with Crippen LogP contribution in [0.25, 0.3) is 0 Å². The van der Waals surface area contributed by atoms with Gasteiger partial charge >= 0.3 is 0 Å². The lowest BCUT2D eigenvalue weighted by atomic mass is 10.0. The number of carbonyl (C=O) groups is 2. The molecule has 0 radical (unpaired) electrons. The van der Waals surface area contributed by atoms with Crippen LogP contribution in [0.5, 0.6) is 0 Å². The van der Waals surface area contributed by atoms with Crippen molar-refractivity contribution >= 4 is 23.2 Å². The van der Waals surface area contributed by atoms with Gasteiger partial charge in [-0.15, -0.1) is 0 Å². The van der Waals surface area contributed by atoms with Gasteiger partial charge < -0.3 is 16.0 Å². The van der Waals surface area contributed by atoms with Gasteiger partial charge in [0.2, 0.25) is 5.91 Å². The van der Waals surface area contributed by atoms with E-state index in [0.717, 1.165) is 31.4 Å². The largest absolute Gasteiger partial charge is 0.323 e. The Morgan fingerprint density at radius 3 is 2.52 bits per heavy atom. The minimum atomic E-state index is -0.198. The first-order chi connectivity index (χ1) is 12.1. The highest BCUT2D eigenvalue weighted by Gasteiger charge is 2.21. The summed E-state index contributed by atoms with van der Waals surface area (Å²) in [4.78, 5) is 24.9. The van der Waals surface area contributed by atoms with Gasteiger partial charge in [0.25, 0.3) is 5.91 Å². The molecule has 0 bridgehead atoms. The lowest BCUT2D eigenvalue weighted by molar-refractivity contribution is -0.118. The van der Waals surface area contributed by atoms with Crippen LogP contribution >= 0.6 is 0 Å². The standard InChI is InChI=1S/C20H23N3O2/c1-14-10-11-16(22-19(24)15-7-3-2-4-8-15)18(13-14)23-20(25)17-9-5-6-12-21-17/h2-4,7-8,10-11,13,17,21H,5-6,9,12H2,1H3,(H,22,24)(H,23,25)/t17-/m0/s1. The van der Waals surface area contributed by atoms with Gasteiger partial charge in [-0.2, -0.15) is 0 Å². The maximum absolute atomic E-state index is 12.5. The Bertz CT molecular complexity index is 753. The predicted molar refractivity (Wildman–Crippen MR) is 99.8 cm³/mol. The second kappa shape index (κ2) is 7.94. The van der Waals surface area contributed by atoms with E-state index in [-0.39, 0.29) is 17.9 Å². The molecule has 1 saturated heterocycles. The number of amides is 2. The van der Waals surface area contributed by atoms with E-state index in [0.29, 0.717) is 16.9 Å². The molecule has 5 heteroatoms. The molecule has 2 aromatic carbocycles. The van der Waals surface area contributed by atoms with Gasteiger partial charge in [-0.1, -0.05) is 30.7 Å². The van der Waals surface area contributed by atoms with Crippen molar-refractivity contribution in [2.75, 3.05) is 17.2 Å². The van der Waals surface area contributed by atoms with Crippen molar-refractivity contribution in [3.63, 3.8) is 0 Å². The third-order valence-electron chi connectivity index (χ3n) is 4.34. The maximum Gasteiger partial charge on any atom is 0.255 e. The molecule has 130 valence electrons. The summed E-state index contributed by atoms with van der Waals surface area (Å²) in [5.74, 6) is -0.253. The summed E-state index contributed by atoms with van der Waals surface area (Å²) in [5, 5.41) is 9.09. The summed E-state index contributed by atoms with van der Waals surface area (Å²) in [6, 6.07) is 14.5. The van der Waals surface area contributed by atoms with E-state index in [2.05, 4.69) is 16.0 Å². The van der Waals surface area contributed by atoms with E-state index in [1.54, 1.807) is 12.1 Å². The molecule has 1 heterocycles. The number of hydrogen-bond donors (Lipinski definition) is 3. The minimum Gasteiger partial charge on any atom is -0.323 e. The van der Waals surface area contributed by atoms with Crippen molar-refractivity contribution in [3.8, 4) is 0 Å². The lowest BCUT2D eigenvalue weighted by Gasteiger charge is -2.23. The van der Waals surface area contributed by atoms with Gasteiger partial charge in [0.15, 0.2) is 0 Å². The van der Waals surface area contributed by atoms with E-state index >= 15 is 0 Å². The van der Waals surface area contributed by atoms with Crippen LogP contribution in [0, 0.1) is 6.92 Å². The zero-order chi connectivity index (χ0) is 17.6. The number of anilines is 2. The second-order valence-electron chi connectivity index (χ2n) is 6.36. The van der Waals surface area contributed by atoms with Gasteiger partial charge in [-0.05, 0) is 56.1 Å². The number of benzene rings is 2. The number of piperidine rings is 1. The number of nitrogens with one attached hydrogen (secondary N) is 3. The molecule has 2 aromatic rings. The topological polar surface area (TPSA) is 70.2 Å². The van der Waals surface area contributed by atoms with Gasteiger partial charge in [0, 0.05) is 5.56 Å². The third-order valence-corrected chi connectivity index (χ3v) is 4.34. The van der Waals surface area contributed by atoms with Crippen molar-refractivity contribution < 1.29 is 9.59 Å². The van der Waals surface area contributed by atoms with Crippen LogP contribution in [0.4, 0.5) is 11.4 Å². The Morgan fingerprint density at radius 1 is 1.00 bits per heavy atom. The van der Waals surface area contributed by atoms with Crippen molar-refractivity contribution in [1.29, 1.82) is 0 Å². The van der Waals surface area contributed by atoms with E-state index in [1.807, 2.05) is 43.3 Å². The predicted octanol–water partition coefficient (Wildman–Crippen LogP) is 3.33. The zero-order valence-corrected chi connectivity index (χ0v) is 14.3. The normalized spacial score (nSPS) is 16.9. The van der Waals surface area contributed by atoms with Crippen molar-refractivity contribution in [2.24, 2.45) is 0 Å². The number of hydrogen-bond acceptors (Lipinski definition) is 3. The molecular weight excluding hydrogens is 314 g/mol. The van der Waals surface area contributed by atoms with Gasteiger partial charge in [-0.3, -0.25) is 9.59 Å². The molecule has 0 unspecified atom stereocenters. The quantitative estimate of drug-likeness (QED) is 0.801. The molecule has 3 rings (SSSR count). The van der Waals surface area contributed by atoms with Crippen LogP contribution in [0.1, 0.15) is 35.2 Å². The Hall–Kier alpha value is -2.66. The monoisotopic (exact) mass is 337 g/mol. The summed E-state index contributed by atoms with van der Waals surface area (Å²) in [7, 11) is 0. The lowest BCUT2D eigenvalue weighted by Crippen LogP contribution is -2.43. The molecular formula is C20H23N3O2. The van der Waals surface area contributed by atoms with Crippen molar-refractivity contribution in [1.82, 2.24) is 5.32 Å². The summed E-state index contributed by atoms with van der Waals surface area (Å²) in [5.41, 5.74) is 2.82. The maximum atomic E-state index is 12.5. The van der Waals surface area contributed by atoms with Crippen molar-refractivity contribution in [3.05, 3.63) is 59.7 Å². The molecule has 1 fully saturated rings. The van der Waals surface area contributed by atoms with E-state index < -0.39 is 0 Å². The Balaban J connectivity index is 1.76. The summed E-state index contributed by atoms with van der Waals surface area (Å²) >= 11 is 0. The Morgan fingerprint density at radius 2 is 1.80 bits per heavy atom. The van der Waals surface area contributed by atoms with Crippen molar-refractivity contribution in [2.45, 2.75) is 32.2 Å². The van der Waals surface area contributed by atoms with Crippen LogP contribution in [0.2, 0.25) is 0 Å². The van der Waals surface area contributed by atoms with E-state index in [9.17, 15) is 9.59 Å². The molecule has 25 heavy (non-hydrogen) atoms. The highest BCUT2D eigenvalue weighted by molar-refractivity contribution is 6.07. The fourth-order valence-electron chi connectivity index (χ4n) is 2.95. The average Bonchev–Trinajstić information content (AvgIpc) is 2.65. The fourth-order valence-corrected chi connectivity index (χ4v) is 2.95. The molecule has 1 aliphatic heterocycles. The molecule has 1 atom stereocenters. The number of rotatable bonds is 4. The first-order valence-corrected chi connectivity index (χ1v) is 8.65. The van der Waals surface area contributed by atoms with Crippen LogP contribution in [-0.4, -0.2) is 24.4 Å². The van der Waals surface area contributed by atoms with E-state index in [4.69, 9.17) is 0 Å². The Kier molecular flexibility index (Phi) is 5.46. The molecule has 0 saturated carbocycles. The zero-order valence-electron chi connectivity index (χ0n) is 14.3. The first kappa shape index (κ1) is 17.2. The molecule has 1 aliphatic rings. The fraction of sp³-hybridized carbons (Fsp3) is 0.300. The van der Waals surface area contributed by atoms with Crippen LogP contribution in [0.15, 0.2) is 48.5 Å². The number of carbonyl (C=O) groups excluding carboxylic acids is 2. The van der Waals surface area contributed by atoms with Gasteiger partial charge in [-0.25, -0.2) is 0 Å². The van der Waals surface area contributed by atoms with E-state index in [1.165, 1.54) is 0 Å². The Labute approximate surface area is 147 Å². The molecule has 0 aliphatic carbocycles. The molecule has 3 N–H and O–H groups in total. The highest BCUT2D eigenvalue weighted by atomic mass is 16.2. The van der Waals surface area contributed by atoms with Gasteiger partial charge in [0.05, 0.1) is 17.4 Å². The summed E-state index contributed by atoms with van der Waals surface area (Å²) in [6.07, 6.45) is 2.99. The first-order valence-electron chi connectivity index (χ1n) is 8.65. The summed E-state index contributed by atoms with van der Waals surface area (Å²) < 4.78 is 0. The summed E-state index contributed by atoms with van der Waals surface area (Å²) in [6.45, 7) is 2.82. The minimum absolute atomic E-state index is 0.0551. The smallest absolute Gasteiger partial charge is 0.255 e. The molecule has 5 nitrogen and oxygen atoms in total. The third kappa shape index (κ3) is 4.45. The molecule has 0 aromatic heterocycles. The SMILES string of the molecule is Cc1ccc(NC(=O)c2ccccc2)c(NC(=O)[C@@H]2CCCCN2)c1. The molecule has 2 amide bonds. The van der Waals surface area contributed by atoms with Gasteiger partial charge in [0.1, 0.15) is 0 Å². The van der Waals surface area contributed by atoms with Crippen LogP contribution in [-0.2, 0) is 4.79 Å².